The Morgan fingerprint density at radius 1 is 1.35 bits per heavy atom. The van der Waals surface area contributed by atoms with Crippen molar-refractivity contribution in [2.45, 2.75) is 32.4 Å². The second-order valence-corrected chi connectivity index (χ2v) is 4.90. The van der Waals surface area contributed by atoms with Crippen LogP contribution in [0, 0.1) is 0 Å². The zero-order valence-electron chi connectivity index (χ0n) is 12.4. The smallest absolute Gasteiger partial charge is 0.124 e. The molecule has 2 rings (SSSR count). The molecule has 1 N–H and O–H groups in total. The van der Waals surface area contributed by atoms with Gasteiger partial charge in [0, 0.05) is 12.2 Å². The van der Waals surface area contributed by atoms with Crippen molar-refractivity contribution in [1.29, 1.82) is 0 Å². The van der Waals surface area contributed by atoms with Gasteiger partial charge in [-0.3, -0.25) is 0 Å². The van der Waals surface area contributed by atoms with Crippen molar-refractivity contribution in [3.63, 3.8) is 0 Å². The zero-order chi connectivity index (χ0) is 14.2. The van der Waals surface area contributed by atoms with E-state index in [9.17, 15) is 0 Å². The van der Waals surface area contributed by atoms with Crippen molar-refractivity contribution < 1.29 is 14.2 Å². The van der Waals surface area contributed by atoms with Crippen molar-refractivity contribution in [3.8, 4) is 5.75 Å². The van der Waals surface area contributed by atoms with E-state index in [1.807, 2.05) is 25.1 Å². The number of hydrogen-bond donors (Lipinski definition) is 1. The highest BCUT2D eigenvalue weighted by Gasteiger charge is 2.20. The highest BCUT2D eigenvalue weighted by Crippen LogP contribution is 2.26. The Hall–Kier alpha value is -1.10. The number of likely N-dealkylation sites (N-methyl/N-ethyl adjacent to an activating group) is 1. The van der Waals surface area contributed by atoms with E-state index in [1.165, 1.54) is 0 Å². The number of nitrogens with one attached hydrogen (secondary N) is 1. The quantitative estimate of drug-likeness (QED) is 0.794. The molecule has 1 aliphatic heterocycles. The highest BCUT2D eigenvalue weighted by molar-refractivity contribution is 5.36. The van der Waals surface area contributed by atoms with Gasteiger partial charge in [-0.15, -0.1) is 0 Å². The summed E-state index contributed by atoms with van der Waals surface area (Å²) >= 11 is 0. The van der Waals surface area contributed by atoms with Gasteiger partial charge in [0.25, 0.3) is 0 Å². The molecule has 0 amide bonds. The molecule has 0 radical (unpaired) electrons. The summed E-state index contributed by atoms with van der Waals surface area (Å²) in [6.07, 6.45) is 1.22. The normalized spacial score (nSPS) is 20.0. The van der Waals surface area contributed by atoms with E-state index < -0.39 is 0 Å². The average Bonchev–Trinajstić information content (AvgIpc) is 2.98. The van der Waals surface area contributed by atoms with Gasteiger partial charge in [0.05, 0.1) is 32.0 Å². The van der Waals surface area contributed by atoms with Gasteiger partial charge in [-0.1, -0.05) is 25.1 Å². The summed E-state index contributed by atoms with van der Waals surface area (Å²) in [6.45, 7) is 7.85. The van der Waals surface area contributed by atoms with Gasteiger partial charge in [-0.05, 0) is 26.0 Å². The molecule has 1 fully saturated rings. The summed E-state index contributed by atoms with van der Waals surface area (Å²) in [5, 5.41) is 3.48. The molecule has 20 heavy (non-hydrogen) atoms. The molecule has 112 valence electrons. The number of rotatable bonds is 8. The monoisotopic (exact) mass is 279 g/mol. The first-order chi connectivity index (χ1) is 9.85. The Morgan fingerprint density at radius 2 is 2.20 bits per heavy atom. The van der Waals surface area contributed by atoms with E-state index in [0.717, 1.165) is 30.9 Å². The van der Waals surface area contributed by atoms with Crippen molar-refractivity contribution in [2.24, 2.45) is 0 Å². The van der Waals surface area contributed by atoms with Crippen LogP contribution >= 0.6 is 0 Å². The van der Waals surface area contributed by atoms with Crippen LogP contribution in [0.2, 0.25) is 0 Å². The summed E-state index contributed by atoms with van der Waals surface area (Å²) in [5.74, 6) is 0.937. The molecule has 4 heteroatoms. The van der Waals surface area contributed by atoms with Crippen LogP contribution in [0.1, 0.15) is 31.9 Å². The van der Waals surface area contributed by atoms with Crippen LogP contribution in [0.15, 0.2) is 24.3 Å². The van der Waals surface area contributed by atoms with Crippen LogP contribution in [0.4, 0.5) is 0 Å². The molecule has 1 heterocycles. The topological polar surface area (TPSA) is 39.7 Å². The summed E-state index contributed by atoms with van der Waals surface area (Å²) in [5.41, 5.74) is 1.16. The van der Waals surface area contributed by atoms with Gasteiger partial charge in [-0.2, -0.15) is 0 Å². The predicted molar refractivity (Wildman–Crippen MR) is 79.2 cm³/mol. The third-order valence-corrected chi connectivity index (χ3v) is 3.43. The molecule has 0 spiro atoms. The molecule has 2 unspecified atom stereocenters. The maximum Gasteiger partial charge on any atom is 0.124 e. The lowest BCUT2D eigenvalue weighted by molar-refractivity contribution is 0.0296. The van der Waals surface area contributed by atoms with Crippen molar-refractivity contribution >= 4 is 0 Å². The first-order valence-electron chi connectivity index (χ1n) is 7.49. The highest BCUT2D eigenvalue weighted by atomic mass is 16.5. The molecular formula is C16H25NO3. The Morgan fingerprint density at radius 3 is 2.90 bits per heavy atom. The summed E-state index contributed by atoms with van der Waals surface area (Å²) in [7, 11) is 0. The molecular weight excluding hydrogens is 254 g/mol. The van der Waals surface area contributed by atoms with Crippen LogP contribution in [0.5, 0.6) is 5.75 Å². The molecule has 0 aromatic heterocycles. The van der Waals surface area contributed by atoms with E-state index >= 15 is 0 Å². The zero-order valence-corrected chi connectivity index (χ0v) is 12.4. The molecule has 4 nitrogen and oxygen atoms in total. The SMILES string of the molecule is CCNC(COC1CCOC1)c1ccccc1OCC. The Bertz CT molecular complexity index is 391. The first kappa shape index (κ1) is 15.3. The maximum atomic E-state index is 5.96. The molecule has 1 aliphatic rings. The third-order valence-electron chi connectivity index (χ3n) is 3.43. The number of ether oxygens (including phenoxy) is 3. The summed E-state index contributed by atoms with van der Waals surface area (Å²) in [4.78, 5) is 0. The lowest BCUT2D eigenvalue weighted by Gasteiger charge is -2.22. The van der Waals surface area contributed by atoms with Crippen LogP contribution in [0.3, 0.4) is 0 Å². The van der Waals surface area contributed by atoms with Crippen LogP contribution in [-0.4, -0.2) is 39.1 Å². The molecule has 0 aliphatic carbocycles. The second kappa shape index (κ2) is 8.25. The van der Waals surface area contributed by atoms with Gasteiger partial charge < -0.3 is 19.5 Å². The van der Waals surface area contributed by atoms with Gasteiger partial charge in [0.1, 0.15) is 5.75 Å². The number of benzene rings is 1. The van der Waals surface area contributed by atoms with E-state index in [2.05, 4.69) is 18.3 Å². The van der Waals surface area contributed by atoms with Crippen molar-refractivity contribution in [1.82, 2.24) is 5.32 Å². The standard InChI is InChI=1S/C16H25NO3/c1-3-17-15(12-20-13-9-10-18-11-13)14-7-5-6-8-16(14)19-4-2/h5-8,13,15,17H,3-4,9-12H2,1-2H3. The van der Waals surface area contributed by atoms with Crippen molar-refractivity contribution in [3.05, 3.63) is 29.8 Å². The average molecular weight is 279 g/mol. The summed E-state index contributed by atoms with van der Waals surface area (Å²) in [6, 6.07) is 8.32. The minimum Gasteiger partial charge on any atom is -0.494 e. The maximum absolute atomic E-state index is 5.96. The van der Waals surface area contributed by atoms with Gasteiger partial charge in [0.15, 0.2) is 0 Å². The molecule has 1 saturated heterocycles. The van der Waals surface area contributed by atoms with Crippen LogP contribution in [0.25, 0.3) is 0 Å². The van der Waals surface area contributed by atoms with Crippen LogP contribution < -0.4 is 10.1 Å². The Balaban J connectivity index is 2.02. The van der Waals surface area contributed by atoms with E-state index in [1.54, 1.807) is 0 Å². The molecule has 2 atom stereocenters. The van der Waals surface area contributed by atoms with Gasteiger partial charge >= 0.3 is 0 Å². The molecule has 1 aromatic carbocycles. The minimum atomic E-state index is 0.156. The number of hydrogen-bond acceptors (Lipinski definition) is 4. The predicted octanol–water partition coefficient (Wildman–Crippen LogP) is 2.54. The van der Waals surface area contributed by atoms with Gasteiger partial charge in [0.2, 0.25) is 0 Å². The fourth-order valence-corrected chi connectivity index (χ4v) is 2.44. The minimum absolute atomic E-state index is 0.156. The lowest BCUT2D eigenvalue weighted by Crippen LogP contribution is -2.28. The van der Waals surface area contributed by atoms with Crippen LogP contribution in [-0.2, 0) is 9.47 Å². The largest absolute Gasteiger partial charge is 0.494 e. The molecule has 0 bridgehead atoms. The first-order valence-corrected chi connectivity index (χ1v) is 7.49. The Labute approximate surface area is 121 Å². The molecule has 0 saturated carbocycles. The van der Waals surface area contributed by atoms with E-state index in [0.29, 0.717) is 19.8 Å². The van der Waals surface area contributed by atoms with Crippen molar-refractivity contribution in [2.75, 3.05) is 33.0 Å². The van der Waals surface area contributed by atoms with Gasteiger partial charge in [-0.25, -0.2) is 0 Å². The van der Waals surface area contributed by atoms with E-state index in [-0.39, 0.29) is 12.1 Å². The van der Waals surface area contributed by atoms with E-state index in [4.69, 9.17) is 14.2 Å². The lowest BCUT2D eigenvalue weighted by atomic mass is 10.1. The molecule has 1 aromatic rings. The summed E-state index contributed by atoms with van der Waals surface area (Å²) < 4.78 is 17.0. The Kier molecular flexibility index (Phi) is 6.30. The second-order valence-electron chi connectivity index (χ2n) is 4.90. The fraction of sp³-hybridized carbons (Fsp3) is 0.625. The number of para-hydroxylation sites is 1. The fourth-order valence-electron chi connectivity index (χ4n) is 2.44. The third kappa shape index (κ3) is 4.20.